The summed E-state index contributed by atoms with van der Waals surface area (Å²) in [5, 5.41) is 5.34. The van der Waals surface area contributed by atoms with E-state index in [-0.39, 0.29) is 0 Å². The molecule has 2 aliphatic rings. The van der Waals surface area contributed by atoms with Gasteiger partial charge >= 0.3 is 0 Å². The molecule has 3 heteroatoms. The molecule has 0 radical (unpaired) electrons. The zero-order valence-corrected chi connectivity index (χ0v) is 12.2. The Morgan fingerprint density at radius 3 is 2.56 bits per heavy atom. The van der Waals surface area contributed by atoms with Crippen molar-refractivity contribution in [3.05, 3.63) is 0 Å². The van der Waals surface area contributed by atoms with Gasteiger partial charge in [-0.3, -0.25) is 0 Å². The Morgan fingerprint density at radius 2 is 2.00 bits per heavy atom. The Bertz CT molecular complexity index is 206. The van der Waals surface area contributed by atoms with Crippen molar-refractivity contribution in [3.63, 3.8) is 0 Å². The highest BCUT2D eigenvalue weighted by atomic mass is 32.2. The van der Waals surface area contributed by atoms with Crippen molar-refractivity contribution in [2.24, 2.45) is 5.92 Å². The highest BCUT2D eigenvalue weighted by Gasteiger charge is 2.33. The number of nitrogens with one attached hydrogen (secondary N) is 1. The summed E-state index contributed by atoms with van der Waals surface area (Å²) in [5.41, 5.74) is 0. The van der Waals surface area contributed by atoms with Crippen LogP contribution in [0.15, 0.2) is 0 Å². The smallest absolute Gasteiger partial charge is 0.0320 e. The van der Waals surface area contributed by atoms with Crippen molar-refractivity contribution in [3.8, 4) is 0 Å². The van der Waals surface area contributed by atoms with Crippen molar-refractivity contribution in [2.45, 2.75) is 55.6 Å². The van der Waals surface area contributed by atoms with Gasteiger partial charge in [0, 0.05) is 28.0 Å². The largest absolute Gasteiger partial charge is 0.316 e. The summed E-state index contributed by atoms with van der Waals surface area (Å²) in [4.78, 5) is 0. The molecule has 0 aromatic heterocycles. The molecule has 16 heavy (non-hydrogen) atoms. The average molecular weight is 259 g/mol. The van der Waals surface area contributed by atoms with Crippen molar-refractivity contribution in [1.29, 1.82) is 0 Å². The Hall–Kier alpha value is 0.660. The average Bonchev–Trinajstić information content (AvgIpc) is 2.28. The lowest BCUT2D eigenvalue weighted by atomic mass is 9.80. The van der Waals surface area contributed by atoms with Crippen molar-refractivity contribution in [1.82, 2.24) is 5.32 Å². The minimum absolute atomic E-state index is 0.757. The van der Waals surface area contributed by atoms with E-state index in [2.05, 4.69) is 42.8 Å². The van der Waals surface area contributed by atoms with E-state index in [0.29, 0.717) is 0 Å². The molecule has 3 atom stereocenters. The third-order valence-electron chi connectivity index (χ3n) is 4.07. The van der Waals surface area contributed by atoms with Gasteiger partial charge in [-0.15, -0.1) is 0 Å². The molecule has 3 unspecified atom stereocenters. The Morgan fingerprint density at radius 1 is 1.25 bits per heavy atom. The van der Waals surface area contributed by atoms with E-state index < -0.39 is 0 Å². The summed E-state index contributed by atoms with van der Waals surface area (Å²) < 4.78 is 0. The zero-order chi connectivity index (χ0) is 11.4. The summed E-state index contributed by atoms with van der Waals surface area (Å²) in [6.07, 6.45) is 7.21. The predicted octanol–water partition coefficient (Wildman–Crippen LogP) is 3.39. The van der Waals surface area contributed by atoms with Gasteiger partial charge in [0.15, 0.2) is 0 Å². The highest BCUT2D eigenvalue weighted by Crippen LogP contribution is 2.39. The fraction of sp³-hybridized carbons (Fsp3) is 1.00. The van der Waals surface area contributed by atoms with Crippen molar-refractivity contribution < 1.29 is 0 Å². The number of rotatable bonds is 5. The number of hydrogen-bond donors (Lipinski definition) is 1. The van der Waals surface area contributed by atoms with Gasteiger partial charge in [0.05, 0.1) is 0 Å². The first-order valence-electron chi connectivity index (χ1n) is 6.75. The molecule has 1 heterocycles. The van der Waals surface area contributed by atoms with Crippen LogP contribution in [0, 0.1) is 5.92 Å². The highest BCUT2D eigenvalue weighted by molar-refractivity contribution is 8.07. The molecule has 1 saturated carbocycles. The van der Waals surface area contributed by atoms with Crippen LogP contribution in [0.5, 0.6) is 0 Å². The molecular formula is C13H25NS2. The molecule has 0 spiro atoms. The molecule has 94 valence electrons. The maximum absolute atomic E-state index is 3.60. The fourth-order valence-corrected chi connectivity index (χ4v) is 6.13. The molecular weight excluding hydrogens is 234 g/mol. The number of thioether (sulfide) groups is 2. The maximum atomic E-state index is 3.60. The van der Waals surface area contributed by atoms with Crippen LogP contribution in [0.1, 0.15) is 39.0 Å². The van der Waals surface area contributed by atoms with E-state index in [0.717, 1.165) is 22.5 Å². The van der Waals surface area contributed by atoms with E-state index in [9.17, 15) is 0 Å². The minimum atomic E-state index is 0.757. The quantitative estimate of drug-likeness (QED) is 0.813. The second-order valence-corrected chi connectivity index (χ2v) is 7.71. The van der Waals surface area contributed by atoms with E-state index in [1.54, 1.807) is 0 Å². The first-order chi connectivity index (χ1) is 7.85. The van der Waals surface area contributed by atoms with E-state index in [1.165, 1.54) is 43.6 Å². The second kappa shape index (κ2) is 6.55. The molecule has 1 aliphatic heterocycles. The molecule has 0 bridgehead atoms. The van der Waals surface area contributed by atoms with Gasteiger partial charge in [-0.25, -0.2) is 0 Å². The zero-order valence-electron chi connectivity index (χ0n) is 10.6. The van der Waals surface area contributed by atoms with E-state index in [1.807, 2.05) is 0 Å². The van der Waals surface area contributed by atoms with Crippen LogP contribution >= 0.6 is 23.5 Å². The number of hydrogen-bond acceptors (Lipinski definition) is 3. The summed E-state index contributed by atoms with van der Waals surface area (Å²) in [6.45, 7) is 2.35. The topological polar surface area (TPSA) is 12.0 Å². The molecule has 0 aromatic carbocycles. The van der Waals surface area contributed by atoms with Crippen molar-refractivity contribution >= 4 is 23.5 Å². The lowest BCUT2D eigenvalue weighted by Gasteiger charge is -2.39. The predicted molar refractivity (Wildman–Crippen MR) is 77.6 cm³/mol. The summed E-state index contributed by atoms with van der Waals surface area (Å²) in [5.74, 6) is 3.75. The van der Waals surface area contributed by atoms with Gasteiger partial charge in [-0.1, -0.05) is 26.2 Å². The maximum Gasteiger partial charge on any atom is 0.0320 e. The fourth-order valence-electron chi connectivity index (χ4n) is 2.82. The monoisotopic (exact) mass is 259 g/mol. The standard InChI is InChI=1S/C13H25NS2/c1-3-12-13(16-8-7-15-12)11(14-2)9-10-5-4-6-10/h10-14H,3-9H2,1-2H3. The van der Waals surface area contributed by atoms with Crippen LogP contribution in [0.4, 0.5) is 0 Å². The normalized spacial score (nSPS) is 33.4. The lowest BCUT2D eigenvalue weighted by Crippen LogP contribution is -2.45. The third kappa shape index (κ3) is 3.11. The molecule has 2 rings (SSSR count). The third-order valence-corrected chi connectivity index (χ3v) is 7.48. The minimum Gasteiger partial charge on any atom is -0.316 e. The first-order valence-corrected chi connectivity index (χ1v) is 8.85. The SMILES string of the molecule is CCC1SCCSC1C(CC1CCC1)NC. The van der Waals surface area contributed by atoms with Crippen LogP contribution < -0.4 is 5.32 Å². The van der Waals surface area contributed by atoms with E-state index >= 15 is 0 Å². The van der Waals surface area contributed by atoms with Gasteiger partial charge in [-0.05, 0) is 25.8 Å². The molecule has 0 aromatic rings. The molecule has 1 nitrogen and oxygen atoms in total. The van der Waals surface area contributed by atoms with Crippen LogP contribution in [-0.4, -0.2) is 35.1 Å². The van der Waals surface area contributed by atoms with Crippen LogP contribution in [0.25, 0.3) is 0 Å². The molecule has 1 aliphatic carbocycles. The molecule has 1 N–H and O–H groups in total. The lowest BCUT2D eigenvalue weighted by molar-refractivity contribution is 0.260. The Balaban J connectivity index is 1.88. The van der Waals surface area contributed by atoms with E-state index in [4.69, 9.17) is 0 Å². The molecule has 2 fully saturated rings. The van der Waals surface area contributed by atoms with Gasteiger partial charge < -0.3 is 5.32 Å². The molecule has 1 saturated heterocycles. The van der Waals surface area contributed by atoms with Gasteiger partial charge in [0.25, 0.3) is 0 Å². The Kier molecular flexibility index (Phi) is 5.37. The van der Waals surface area contributed by atoms with Crippen LogP contribution in [0.2, 0.25) is 0 Å². The summed E-state index contributed by atoms with van der Waals surface area (Å²) in [7, 11) is 2.16. The first kappa shape index (κ1) is 13.1. The second-order valence-electron chi connectivity index (χ2n) is 5.08. The van der Waals surface area contributed by atoms with Crippen molar-refractivity contribution in [2.75, 3.05) is 18.6 Å². The molecule has 0 amide bonds. The summed E-state index contributed by atoms with van der Waals surface area (Å²) in [6, 6.07) is 0.757. The van der Waals surface area contributed by atoms with Gasteiger partial charge in [0.1, 0.15) is 0 Å². The van der Waals surface area contributed by atoms with Crippen LogP contribution in [-0.2, 0) is 0 Å². The van der Waals surface area contributed by atoms with Gasteiger partial charge in [0.2, 0.25) is 0 Å². The van der Waals surface area contributed by atoms with Gasteiger partial charge in [-0.2, -0.15) is 23.5 Å². The van der Waals surface area contributed by atoms with Crippen LogP contribution in [0.3, 0.4) is 0 Å². The Labute approximate surface area is 109 Å². The summed E-state index contributed by atoms with van der Waals surface area (Å²) >= 11 is 4.43.